The molecule has 0 aliphatic carbocycles. The van der Waals surface area contributed by atoms with Crippen LogP contribution in [0.15, 0.2) is 48.5 Å². The van der Waals surface area contributed by atoms with Gasteiger partial charge in [0, 0.05) is 17.2 Å². The first-order chi connectivity index (χ1) is 9.83. The molecule has 0 spiro atoms. The number of ether oxygens (including phenoxy) is 2. The van der Waals surface area contributed by atoms with E-state index in [0.717, 1.165) is 22.6 Å². The Kier molecular flexibility index (Phi) is 5.05. The average molecular weight is 267 g/mol. The van der Waals surface area contributed by atoms with Crippen molar-refractivity contribution in [3.8, 4) is 23.3 Å². The number of methoxy groups -OCH3 is 1. The third-order valence-electron chi connectivity index (χ3n) is 2.78. The zero-order valence-corrected chi connectivity index (χ0v) is 11.4. The van der Waals surface area contributed by atoms with Gasteiger partial charge in [0.05, 0.1) is 13.7 Å². The molecule has 0 atom stereocenters. The minimum absolute atomic E-state index is 0.352. The Morgan fingerprint density at radius 1 is 1.05 bits per heavy atom. The van der Waals surface area contributed by atoms with Crippen LogP contribution in [0.5, 0.6) is 11.5 Å². The van der Waals surface area contributed by atoms with Gasteiger partial charge in [0.25, 0.3) is 0 Å². The molecule has 0 fully saturated rings. The van der Waals surface area contributed by atoms with E-state index in [9.17, 15) is 0 Å². The molecule has 0 amide bonds. The van der Waals surface area contributed by atoms with Crippen molar-refractivity contribution in [2.45, 2.75) is 6.61 Å². The van der Waals surface area contributed by atoms with E-state index in [4.69, 9.17) is 15.2 Å². The van der Waals surface area contributed by atoms with Gasteiger partial charge in [-0.1, -0.05) is 36.1 Å². The summed E-state index contributed by atoms with van der Waals surface area (Å²) >= 11 is 0. The molecule has 0 bridgehead atoms. The summed E-state index contributed by atoms with van der Waals surface area (Å²) in [5.41, 5.74) is 7.39. The van der Waals surface area contributed by atoms with Crippen LogP contribution < -0.4 is 15.2 Å². The predicted octanol–water partition coefficient (Wildman–Crippen LogP) is 2.58. The SMILES string of the molecule is COc1cccc(OCc2ccccc2C#CCN)c1. The third-order valence-corrected chi connectivity index (χ3v) is 2.78. The summed E-state index contributed by atoms with van der Waals surface area (Å²) < 4.78 is 10.9. The fourth-order valence-electron chi connectivity index (χ4n) is 1.77. The molecule has 0 heterocycles. The quantitative estimate of drug-likeness (QED) is 0.866. The molecule has 2 N–H and O–H groups in total. The lowest BCUT2D eigenvalue weighted by atomic mass is 10.1. The number of hydrogen-bond donors (Lipinski definition) is 1. The zero-order chi connectivity index (χ0) is 14.2. The Hall–Kier alpha value is -2.44. The Labute approximate surface area is 119 Å². The van der Waals surface area contributed by atoms with E-state index in [0.29, 0.717) is 13.2 Å². The lowest BCUT2D eigenvalue weighted by molar-refractivity contribution is 0.303. The van der Waals surface area contributed by atoms with Crippen LogP contribution in [0.4, 0.5) is 0 Å². The maximum atomic E-state index is 5.78. The van der Waals surface area contributed by atoms with Crippen molar-refractivity contribution >= 4 is 0 Å². The highest BCUT2D eigenvalue weighted by Gasteiger charge is 2.01. The number of hydrogen-bond acceptors (Lipinski definition) is 3. The van der Waals surface area contributed by atoms with Crippen LogP contribution in [0.25, 0.3) is 0 Å². The molecule has 0 aliphatic heterocycles. The van der Waals surface area contributed by atoms with E-state index < -0.39 is 0 Å². The van der Waals surface area contributed by atoms with E-state index in [1.54, 1.807) is 7.11 Å². The second kappa shape index (κ2) is 7.22. The van der Waals surface area contributed by atoms with Crippen molar-refractivity contribution in [3.05, 3.63) is 59.7 Å². The molecule has 3 nitrogen and oxygen atoms in total. The van der Waals surface area contributed by atoms with Gasteiger partial charge in [-0.25, -0.2) is 0 Å². The molecule has 0 radical (unpaired) electrons. The normalized spacial score (nSPS) is 9.50. The summed E-state index contributed by atoms with van der Waals surface area (Å²) in [5.74, 6) is 7.46. The third kappa shape index (κ3) is 3.78. The number of benzene rings is 2. The van der Waals surface area contributed by atoms with Crippen molar-refractivity contribution in [1.29, 1.82) is 0 Å². The second-order valence-electron chi connectivity index (χ2n) is 4.13. The average Bonchev–Trinajstić information content (AvgIpc) is 2.52. The second-order valence-corrected chi connectivity index (χ2v) is 4.13. The van der Waals surface area contributed by atoms with Gasteiger partial charge in [0.15, 0.2) is 0 Å². The van der Waals surface area contributed by atoms with E-state index in [2.05, 4.69) is 11.8 Å². The zero-order valence-electron chi connectivity index (χ0n) is 11.4. The largest absolute Gasteiger partial charge is 0.497 e. The lowest BCUT2D eigenvalue weighted by Crippen LogP contribution is -1.99. The van der Waals surface area contributed by atoms with Crippen LogP contribution in [-0.4, -0.2) is 13.7 Å². The first-order valence-electron chi connectivity index (χ1n) is 6.37. The van der Waals surface area contributed by atoms with Crippen LogP contribution in [0.3, 0.4) is 0 Å². The molecule has 102 valence electrons. The van der Waals surface area contributed by atoms with Crippen LogP contribution in [-0.2, 0) is 6.61 Å². The monoisotopic (exact) mass is 267 g/mol. The summed E-state index contributed by atoms with van der Waals surface area (Å²) in [6.07, 6.45) is 0. The summed E-state index contributed by atoms with van der Waals surface area (Å²) in [6.45, 7) is 0.813. The molecule has 2 aromatic rings. The minimum Gasteiger partial charge on any atom is -0.497 e. The fourth-order valence-corrected chi connectivity index (χ4v) is 1.77. The van der Waals surface area contributed by atoms with Gasteiger partial charge in [0.2, 0.25) is 0 Å². The summed E-state index contributed by atoms with van der Waals surface area (Å²) in [5, 5.41) is 0. The van der Waals surface area contributed by atoms with Gasteiger partial charge < -0.3 is 15.2 Å². The predicted molar refractivity (Wildman–Crippen MR) is 79.7 cm³/mol. The van der Waals surface area contributed by atoms with Gasteiger partial charge in [-0.15, -0.1) is 0 Å². The molecular weight excluding hydrogens is 250 g/mol. The fraction of sp³-hybridized carbons (Fsp3) is 0.176. The first kappa shape index (κ1) is 14.0. The van der Waals surface area contributed by atoms with Gasteiger partial charge in [-0.2, -0.15) is 0 Å². The molecule has 0 aliphatic rings. The molecular formula is C17H17NO2. The molecule has 0 unspecified atom stereocenters. The van der Waals surface area contributed by atoms with Crippen molar-refractivity contribution in [2.24, 2.45) is 5.73 Å². The summed E-state index contributed by atoms with van der Waals surface area (Å²) in [4.78, 5) is 0. The number of nitrogens with two attached hydrogens (primary N) is 1. The highest BCUT2D eigenvalue weighted by atomic mass is 16.5. The maximum absolute atomic E-state index is 5.78. The molecule has 2 rings (SSSR count). The molecule has 2 aromatic carbocycles. The smallest absolute Gasteiger partial charge is 0.123 e. The van der Waals surface area contributed by atoms with Gasteiger partial charge in [-0.3, -0.25) is 0 Å². The van der Waals surface area contributed by atoms with E-state index in [-0.39, 0.29) is 0 Å². The van der Waals surface area contributed by atoms with Gasteiger partial charge >= 0.3 is 0 Å². The van der Waals surface area contributed by atoms with E-state index in [1.807, 2.05) is 48.5 Å². The molecule has 0 aromatic heterocycles. The van der Waals surface area contributed by atoms with Crippen LogP contribution in [0, 0.1) is 11.8 Å². The van der Waals surface area contributed by atoms with Crippen molar-refractivity contribution in [1.82, 2.24) is 0 Å². The molecule has 20 heavy (non-hydrogen) atoms. The number of rotatable bonds is 4. The van der Waals surface area contributed by atoms with Crippen LogP contribution in [0.1, 0.15) is 11.1 Å². The lowest BCUT2D eigenvalue weighted by Gasteiger charge is -2.09. The maximum Gasteiger partial charge on any atom is 0.123 e. The van der Waals surface area contributed by atoms with Crippen molar-refractivity contribution < 1.29 is 9.47 Å². The van der Waals surface area contributed by atoms with Gasteiger partial charge in [0.1, 0.15) is 18.1 Å². The topological polar surface area (TPSA) is 44.5 Å². The molecule has 3 heteroatoms. The summed E-state index contributed by atoms with van der Waals surface area (Å²) in [6, 6.07) is 15.4. The van der Waals surface area contributed by atoms with Crippen LogP contribution in [0.2, 0.25) is 0 Å². The van der Waals surface area contributed by atoms with Crippen molar-refractivity contribution in [3.63, 3.8) is 0 Å². The highest BCUT2D eigenvalue weighted by molar-refractivity contribution is 5.41. The Morgan fingerprint density at radius 3 is 2.65 bits per heavy atom. The Balaban J connectivity index is 2.10. The minimum atomic E-state index is 0.352. The van der Waals surface area contributed by atoms with E-state index >= 15 is 0 Å². The Bertz CT molecular complexity index is 626. The first-order valence-corrected chi connectivity index (χ1v) is 6.37. The van der Waals surface area contributed by atoms with Crippen molar-refractivity contribution in [2.75, 3.05) is 13.7 Å². The van der Waals surface area contributed by atoms with E-state index in [1.165, 1.54) is 0 Å². The molecule has 0 saturated carbocycles. The standard InChI is InChI=1S/C17H17NO2/c1-19-16-9-4-10-17(12-16)20-13-15-7-3-2-6-14(15)8-5-11-18/h2-4,6-7,9-10,12H,11,13,18H2,1H3. The molecule has 0 saturated heterocycles. The summed E-state index contributed by atoms with van der Waals surface area (Å²) in [7, 11) is 1.64. The van der Waals surface area contributed by atoms with Gasteiger partial charge in [-0.05, 0) is 18.2 Å². The highest BCUT2D eigenvalue weighted by Crippen LogP contribution is 2.20. The van der Waals surface area contributed by atoms with Crippen LogP contribution >= 0.6 is 0 Å². The Morgan fingerprint density at radius 2 is 1.85 bits per heavy atom.